The molecule has 134 valence electrons. The molecular weight excluding hydrogens is 360 g/mol. The van der Waals surface area contributed by atoms with E-state index in [2.05, 4.69) is 15.4 Å². The number of halogens is 1. The number of benzene rings is 1. The van der Waals surface area contributed by atoms with Crippen LogP contribution in [0.2, 0.25) is 0 Å². The predicted molar refractivity (Wildman–Crippen MR) is 89.5 cm³/mol. The lowest BCUT2D eigenvalue weighted by Gasteiger charge is -2.10. The van der Waals surface area contributed by atoms with Crippen LogP contribution in [0.25, 0.3) is 0 Å². The Kier molecular flexibility index (Phi) is 7.55. The average molecular weight is 379 g/mol. The molecule has 3 N–H and O–H groups in total. The maximum Gasteiger partial charge on any atom is 0.270 e. The van der Waals surface area contributed by atoms with Gasteiger partial charge in [0, 0.05) is 31.8 Å². The van der Waals surface area contributed by atoms with Crippen molar-refractivity contribution in [3.63, 3.8) is 0 Å². The minimum Gasteiger partial charge on any atom is -0.355 e. The Morgan fingerprint density at radius 2 is 2.12 bits per heavy atom. The van der Waals surface area contributed by atoms with Gasteiger partial charge in [0.1, 0.15) is 0 Å². The first kappa shape index (κ1) is 20.3. The van der Waals surface area contributed by atoms with E-state index in [0.717, 1.165) is 19.0 Å². The summed E-state index contributed by atoms with van der Waals surface area (Å²) >= 11 is 0. The van der Waals surface area contributed by atoms with E-state index >= 15 is 0 Å². The van der Waals surface area contributed by atoms with E-state index < -0.39 is 14.9 Å². The Balaban J connectivity index is 0.00000288. The summed E-state index contributed by atoms with van der Waals surface area (Å²) in [6.07, 6.45) is 0.769. The third kappa shape index (κ3) is 5.41. The first-order valence-corrected chi connectivity index (χ1v) is 8.61. The van der Waals surface area contributed by atoms with Gasteiger partial charge in [0.25, 0.3) is 5.69 Å². The van der Waals surface area contributed by atoms with Crippen molar-refractivity contribution in [2.24, 2.45) is 5.92 Å². The summed E-state index contributed by atoms with van der Waals surface area (Å²) in [5, 5.41) is 16.4. The highest BCUT2D eigenvalue weighted by atomic mass is 35.5. The molecule has 1 aliphatic heterocycles. The maximum atomic E-state index is 12.1. The summed E-state index contributed by atoms with van der Waals surface area (Å²) in [6.45, 7) is 1.60. The van der Waals surface area contributed by atoms with Crippen LogP contribution in [0.1, 0.15) is 6.42 Å². The standard InChI is InChI=1S/C13H18N4O5S.ClH/c18-13(10-4-5-14-9-10)15-6-7-16-23(21,22)12-3-1-2-11(8-12)17(19)20;/h1-3,8,10,14,16H,4-7,9H2,(H,15,18);1H. The zero-order valence-electron chi connectivity index (χ0n) is 12.7. The monoisotopic (exact) mass is 378 g/mol. The third-order valence-electron chi connectivity index (χ3n) is 3.49. The molecule has 0 aromatic heterocycles. The van der Waals surface area contributed by atoms with Crippen LogP contribution in [0.5, 0.6) is 0 Å². The van der Waals surface area contributed by atoms with Crippen LogP contribution >= 0.6 is 12.4 Å². The molecule has 1 fully saturated rings. The molecule has 24 heavy (non-hydrogen) atoms. The number of nitrogens with zero attached hydrogens (tertiary/aromatic N) is 1. The first-order chi connectivity index (χ1) is 10.9. The number of hydrogen-bond acceptors (Lipinski definition) is 6. The van der Waals surface area contributed by atoms with Gasteiger partial charge >= 0.3 is 0 Å². The fraction of sp³-hybridized carbons (Fsp3) is 0.462. The lowest BCUT2D eigenvalue weighted by molar-refractivity contribution is -0.385. The van der Waals surface area contributed by atoms with Crippen molar-refractivity contribution < 1.29 is 18.1 Å². The van der Waals surface area contributed by atoms with Crippen molar-refractivity contribution in [1.29, 1.82) is 0 Å². The van der Waals surface area contributed by atoms with Crippen LogP contribution in [-0.4, -0.2) is 45.4 Å². The van der Waals surface area contributed by atoms with E-state index in [-0.39, 0.29) is 47.9 Å². The molecule has 0 saturated carbocycles. The Bertz CT molecular complexity index is 691. The molecule has 0 radical (unpaired) electrons. The number of nitro benzene ring substituents is 1. The largest absolute Gasteiger partial charge is 0.355 e. The fourth-order valence-electron chi connectivity index (χ4n) is 2.24. The van der Waals surface area contributed by atoms with Gasteiger partial charge in [-0.15, -0.1) is 12.4 Å². The molecule has 0 bridgehead atoms. The lowest BCUT2D eigenvalue weighted by Crippen LogP contribution is -2.38. The topological polar surface area (TPSA) is 130 Å². The lowest BCUT2D eigenvalue weighted by atomic mass is 10.1. The second-order valence-corrected chi connectivity index (χ2v) is 6.90. The zero-order chi connectivity index (χ0) is 16.9. The summed E-state index contributed by atoms with van der Waals surface area (Å²) in [5.41, 5.74) is -0.296. The van der Waals surface area contributed by atoms with Gasteiger partial charge in [-0.3, -0.25) is 14.9 Å². The molecule has 1 saturated heterocycles. The van der Waals surface area contributed by atoms with Crippen LogP contribution in [-0.2, 0) is 14.8 Å². The van der Waals surface area contributed by atoms with Crippen molar-refractivity contribution in [2.75, 3.05) is 26.2 Å². The van der Waals surface area contributed by atoms with Crippen LogP contribution in [0.4, 0.5) is 5.69 Å². The van der Waals surface area contributed by atoms with Crippen LogP contribution in [0.15, 0.2) is 29.2 Å². The van der Waals surface area contributed by atoms with Gasteiger partial charge in [0.2, 0.25) is 15.9 Å². The highest BCUT2D eigenvalue weighted by molar-refractivity contribution is 7.89. The molecule has 9 nitrogen and oxygen atoms in total. The molecule has 1 aromatic rings. The predicted octanol–water partition coefficient (Wildman–Crippen LogP) is 0.0206. The Labute approximate surface area is 145 Å². The molecule has 11 heteroatoms. The number of nitro groups is 1. The normalized spacial score (nSPS) is 17.1. The molecule has 1 atom stereocenters. The number of carbonyl (C=O) groups excluding carboxylic acids is 1. The average Bonchev–Trinajstić information content (AvgIpc) is 3.06. The number of rotatable bonds is 7. The first-order valence-electron chi connectivity index (χ1n) is 7.13. The summed E-state index contributed by atoms with van der Waals surface area (Å²) in [4.78, 5) is 21.6. The summed E-state index contributed by atoms with van der Waals surface area (Å²) < 4.78 is 26.4. The van der Waals surface area contributed by atoms with Gasteiger partial charge in [-0.05, 0) is 19.0 Å². The number of nitrogens with one attached hydrogen (secondary N) is 3. The van der Waals surface area contributed by atoms with Gasteiger partial charge in [0.05, 0.1) is 15.7 Å². The molecule has 0 spiro atoms. The molecule has 1 heterocycles. The number of non-ortho nitro benzene ring substituents is 1. The molecular formula is C13H19ClN4O5S. The molecule has 1 unspecified atom stereocenters. The van der Waals surface area contributed by atoms with E-state index in [0.29, 0.717) is 6.54 Å². The second-order valence-electron chi connectivity index (χ2n) is 5.13. The molecule has 0 aliphatic carbocycles. The van der Waals surface area contributed by atoms with Crippen LogP contribution in [0.3, 0.4) is 0 Å². The zero-order valence-corrected chi connectivity index (χ0v) is 14.4. The van der Waals surface area contributed by atoms with Crippen LogP contribution in [0, 0.1) is 16.0 Å². The van der Waals surface area contributed by atoms with E-state index in [1.807, 2.05) is 0 Å². The highest BCUT2D eigenvalue weighted by Gasteiger charge is 2.22. The smallest absolute Gasteiger partial charge is 0.270 e. The Morgan fingerprint density at radius 3 is 2.75 bits per heavy atom. The van der Waals surface area contributed by atoms with Crippen molar-refractivity contribution in [3.8, 4) is 0 Å². The fourth-order valence-corrected chi connectivity index (χ4v) is 3.31. The van der Waals surface area contributed by atoms with E-state index in [1.54, 1.807) is 0 Å². The summed E-state index contributed by atoms with van der Waals surface area (Å²) in [6, 6.07) is 4.79. The number of hydrogen-bond donors (Lipinski definition) is 3. The van der Waals surface area contributed by atoms with E-state index in [9.17, 15) is 23.3 Å². The van der Waals surface area contributed by atoms with Gasteiger partial charge in [-0.1, -0.05) is 6.07 Å². The molecule has 1 aliphatic rings. The highest BCUT2D eigenvalue weighted by Crippen LogP contribution is 2.16. The number of amides is 1. The van der Waals surface area contributed by atoms with Gasteiger partial charge in [0.15, 0.2) is 0 Å². The van der Waals surface area contributed by atoms with Crippen molar-refractivity contribution in [3.05, 3.63) is 34.4 Å². The van der Waals surface area contributed by atoms with Gasteiger partial charge < -0.3 is 10.6 Å². The second kappa shape index (κ2) is 8.92. The number of carbonyl (C=O) groups is 1. The van der Waals surface area contributed by atoms with Crippen molar-refractivity contribution in [1.82, 2.24) is 15.4 Å². The maximum absolute atomic E-state index is 12.1. The minimum absolute atomic E-state index is 0. The Hall–Kier alpha value is -1.75. The van der Waals surface area contributed by atoms with Gasteiger partial charge in [-0.25, -0.2) is 13.1 Å². The quantitative estimate of drug-likeness (QED) is 0.348. The Morgan fingerprint density at radius 1 is 1.38 bits per heavy atom. The van der Waals surface area contributed by atoms with E-state index in [1.165, 1.54) is 18.2 Å². The summed E-state index contributed by atoms with van der Waals surface area (Å²) in [5.74, 6) is -0.187. The minimum atomic E-state index is -3.85. The van der Waals surface area contributed by atoms with E-state index in [4.69, 9.17) is 0 Å². The van der Waals surface area contributed by atoms with Crippen molar-refractivity contribution in [2.45, 2.75) is 11.3 Å². The molecule has 1 amide bonds. The van der Waals surface area contributed by atoms with Crippen LogP contribution < -0.4 is 15.4 Å². The number of sulfonamides is 1. The molecule has 2 rings (SSSR count). The third-order valence-corrected chi connectivity index (χ3v) is 4.94. The SMILES string of the molecule is Cl.O=C(NCCNS(=O)(=O)c1cccc([N+](=O)[O-])c1)C1CCNC1. The van der Waals surface area contributed by atoms with Gasteiger partial charge in [-0.2, -0.15) is 0 Å². The summed E-state index contributed by atoms with van der Waals surface area (Å²) in [7, 11) is -3.85. The van der Waals surface area contributed by atoms with Crippen molar-refractivity contribution >= 4 is 34.0 Å². The molecule has 1 aromatic carbocycles.